The Kier molecular flexibility index (Phi) is 7.92. The third-order valence-corrected chi connectivity index (χ3v) is 4.98. The van der Waals surface area contributed by atoms with Gasteiger partial charge in [0.2, 0.25) is 5.91 Å². The number of ether oxygens (including phenoxy) is 4. The van der Waals surface area contributed by atoms with Gasteiger partial charge in [0.1, 0.15) is 36.6 Å². The van der Waals surface area contributed by atoms with Crippen LogP contribution in [0.15, 0.2) is 0 Å². The average molecular weight is 394 g/mol. The molecule has 2 heterocycles. The predicted molar refractivity (Wildman–Crippen MR) is 90.4 cm³/mol. The summed E-state index contributed by atoms with van der Waals surface area (Å²) in [6.45, 7) is 2.06. The highest BCUT2D eigenvalue weighted by Crippen LogP contribution is 2.29. The lowest BCUT2D eigenvalue weighted by Crippen LogP contribution is -2.68. The zero-order valence-corrected chi connectivity index (χ0v) is 15.6. The molecule has 27 heavy (non-hydrogen) atoms. The van der Waals surface area contributed by atoms with Crippen LogP contribution < -0.4 is 11.1 Å². The highest BCUT2D eigenvalue weighted by atomic mass is 16.7. The first kappa shape index (κ1) is 22.4. The molecular formula is C16H30N2O9. The number of methoxy groups -OCH3 is 1. The molecule has 0 aromatic heterocycles. The first-order valence-corrected chi connectivity index (χ1v) is 8.84. The minimum absolute atomic E-state index is 0.361. The van der Waals surface area contributed by atoms with Crippen LogP contribution in [0.25, 0.3) is 0 Å². The lowest BCUT2D eigenvalue weighted by Gasteiger charge is -2.47. The summed E-state index contributed by atoms with van der Waals surface area (Å²) in [4.78, 5) is 11.4. The second kappa shape index (κ2) is 9.54. The first-order valence-electron chi connectivity index (χ1n) is 8.84. The monoisotopic (exact) mass is 394 g/mol. The molecule has 11 nitrogen and oxygen atoms in total. The first-order chi connectivity index (χ1) is 12.7. The molecule has 10 atom stereocenters. The number of aliphatic hydroxyl groups is 4. The Hall–Kier alpha value is -0.890. The summed E-state index contributed by atoms with van der Waals surface area (Å²) in [6.07, 6.45) is -7.93. The van der Waals surface area contributed by atoms with Crippen LogP contribution in [0.5, 0.6) is 0 Å². The molecule has 7 N–H and O–H groups in total. The molecular weight excluding hydrogens is 364 g/mol. The summed E-state index contributed by atoms with van der Waals surface area (Å²) in [5.74, 6) is -0.361. The quantitative estimate of drug-likeness (QED) is 0.265. The number of carbonyl (C=O) groups is 1. The fraction of sp³-hybridized carbons (Fsp3) is 0.938. The van der Waals surface area contributed by atoms with Crippen LogP contribution in [-0.4, -0.2) is 108 Å². The fourth-order valence-electron chi connectivity index (χ4n) is 3.55. The van der Waals surface area contributed by atoms with Crippen LogP contribution in [0.1, 0.15) is 13.8 Å². The summed E-state index contributed by atoms with van der Waals surface area (Å²) in [6, 6.07) is -1.82. The molecule has 4 unspecified atom stereocenters. The fourth-order valence-corrected chi connectivity index (χ4v) is 3.55. The second-order valence-electron chi connectivity index (χ2n) is 6.87. The normalized spacial score (nSPS) is 45.5. The maximum absolute atomic E-state index is 11.4. The van der Waals surface area contributed by atoms with Crippen LogP contribution in [0.3, 0.4) is 0 Å². The van der Waals surface area contributed by atoms with E-state index in [1.807, 2.05) is 0 Å². The van der Waals surface area contributed by atoms with Crippen molar-refractivity contribution in [3.8, 4) is 0 Å². The molecule has 0 bridgehead atoms. The molecule has 0 aromatic rings. The van der Waals surface area contributed by atoms with E-state index >= 15 is 0 Å². The van der Waals surface area contributed by atoms with E-state index in [-0.39, 0.29) is 5.91 Å². The van der Waals surface area contributed by atoms with E-state index in [2.05, 4.69) is 5.32 Å². The van der Waals surface area contributed by atoms with Crippen LogP contribution in [0, 0.1) is 0 Å². The molecule has 0 saturated carbocycles. The van der Waals surface area contributed by atoms with Gasteiger partial charge in [-0.25, -0.2) is 0 Å². The van der Waals surface area contributed by atoms with E-state index in [9.17, 15) is 25.2 Å². The van der Waals surface area contributed by atoms with Gasteiger partial charge < -0.3 is 50.4 Å². The van der Waals surface area contributed by atoms with Gasteiger partial charge in [-0.05, 0) is 6.92 Å². The zero-order chi connectivity index (χ0) is 20.3. The van der Waals surface area contributed by atoms with Gasteiger partial charge in [-0.15, -0.1) is 0 Å². The van der Waals surface area contributed by atoms with Gasteiger partial charge in [-0.2, -0.15) is 0 Å². The molecule has 0 aliphatic carbocycles. The maximum atomic E-state index is 11.4. The number of aliphatic hydroxyl groups excluding tert-OH is 4. The third-order valence-electron chi connectivity index (χ3n) is 4.98. The van der Waals surface area contributed by atoms with Crippen molar-refractivity contribution in [3.05, 3.63) is 0 Å². The lowest BCUT2D eigenvalue weighted by molar-refractivity contribution is -0.313. The molecule has 2 aliphatic rings. The van der Waals surface area contributed by atoms with E-state index in [1.54, 1.807) is 6.92 Å². The van der Waals surface area contributed by atoms with Crippen LogP contribution in [0.4, 0.5) is 0 Å². The molecule has 2 rings (SSSR count). The molecule has 2 fully saturated rings. The number of hydrogen-bond acceptors (Lipinski definition) is 10. The largest absolute Gasteiger partial charge is 0.394 e. The van der Waals surface area contributed by atoms with Gasteiger partial charge in [-0.1, -0.05) is 0 Å². The Bertz CT molecular complexity index is 495. The molecule has 0 spiro atoms. The highest BCUT2D eigenvalue weighted by molar-refractivity contribution is 5.73. The third kappa shape index (κ3) is 4.75. The van der Waals surface area contributed by atoms with Crippen LogP contribution >= 0.6 is 0 Å². The number of amides is 1. The van der Waals surface area contributed by atoms with Gasteiger partial charge in [0.15, 0.2) is 6.29 Å². The van der Waals surface area contributed by atoms with Gasteiger partial charge in [0, 0.05) is 14.0 Å². The lowest BCUT2D eigenvalue weighted by atomic mass is 9.92. The van der Waals surface area contributed by atoms with Crippen molar-refractivity contribution < 1.29 is 44.2 Å². The minimum Gasteiger partial charge on any atom is -0.394 e. The number of nitrogens with one attached hydrogen (secondary N) is 1. The van der Waals surface area contributed by atoms with E-state index < -0.39 is 74.3 Å². The van der Waals surface area contributed by atoms with Gasteiger partial charge >= 0.3 is 0 Å². The summed E-state index contributed by atoms with van der Waals surface area (Å²) in [7, 11) is 1.35. The van der Waals surface area contributed by atoms with Crippen LogP contribution in [-0.2, 0) is 23.7 Å². The van der Waals surface area contributed by atoms with E-state index in [1.165, 1.54) is 14.0 Å². The summed E-state index contributed by atoms with van der Waals surface area (Å²) < 4.78 is 22.1. The Labute approximate surface area is 157 Å². The summed E-state index contributed by atoms with van der Waals surface area (Å²) in [5, 5.41) is 42.7. The maximum Gasteiger partial charge on any atom is 0.217 e. The van der Waals surface area contributed by atoms with Crippen molar-refractivity contribution in [3.63, 3.8) is 0 Å². The molecule has 0 radical (unpaired) electrons. The Morgan fingerprint density at radius 3 is 2.22 bits per heavy atom. The van der Waals surface area contributed by atoms with E-state index in [4.69, 9.17) is 24.7 Å². The minimum atomic E-state index is -1.23. The average Bonchev–Trinajstić information content (AvgIpc) is 2.63. The molecule has 11 heteroatoms. The van der Waals surface area contributed by atoms with Gasteiger partial charge in [0.25, 0.3) is 0 Å². The van der Waals surface area contributed by atoms with Crippen molar-refractivity contribution in [1.29, 1.82) is 0 Å². The Balaban J connectivity index is 2.17. The van der Waals surface area contributed by atoms with Crippen molar-refractivity contribution in [2.75, 3.05) is 20.3 Å². The SMILES string of the molecule is CO[C@@H]1C(CO)O[C@@H](O[C@H]2C(O)C(NC(C)=O)[C@H](C)O[C@H]2CO)C(N)[C@H]1O. The molecule has 158 valence electrons. The smallest absolute Gasteiger partial charge is 0.217 e. The summed E-state index contributed by atoms with van der Waals surface area (Å²) in [5.41, 5.74) is 5.98. The van der Waals surface area contributed by atoms with Gasteiger partial charge in [-0.3, -0.25) is 4.79 Å². The highest BCUT2D eigenvalue weighted by Gasteiger charge is 2.49. The molecule has 2 aliphatic heterocycles. The van der Waals surface area contributed by atoms with Crippen molar-refractivity contribution in [2.24, 2.45) is 5.73 Å². The van der Waals surface area contributed by atoms with E-state index in [0.29, 0.717) is 0 Å². The standard InChI is InChI=1S/C16H30N2O9/c1-6-11(18-7(2)21)13(23)15(9(5-20)25-6)27-16-10(17)12(22)14(24-3)8(4-19)26-16/h6,8-16,19-20,22-23H,4-5,17H2,1-3H3,(H,18,21)/t6-,8?,9-,10?,11?,12+,13?,14+,15+,16-/m0/s1. The molecule has 2 saturated heterocycles. The van der Waals surface area contributed by atoms with Crippen LogP contribution in [0.2, 0.25) is 0 Å². The predicted octanol–water partition coefficient (Wildman–Crippen LogP) is -3.56. The molecule has 1 amide bonds. The number of rotatable bonds is 6. The summed E-state index contributed by atoms with van der Waals surface area (Å²) >= 11 is 0. The number of hydrogen-bond donors (Lipinski definition) is 6. The second-order valence-corrected chi connectivity index (χ2v) is 6.87. The van der Waals surface area contributed by atoms with Crippen molar-refractivity contribution in [2.45, 2.75) is 74.9 Å². The van der Waals surface area contributed by atoms with Crippen molar-refractivity contribution >= 4 is 5.91 Å². The topological polar surface area (TPSA) is 173 Å². The Morgan fingerprint density at radius 1 is 1.11 bits per heavy atom. The van der Waals surface area contributed by atoms with Gasteiger partial charge in [0.05, 0.1) is 31.4 Å². The number of carbonyl (C=O) groups excluding carboxylic acids is 1. The Morgan fingerprint density at radius 2 is 1.70 bits per heavy atom. The molecule has 0 aromatic carbocycles. The van der Waals surface area contributed by atoms with E-state index in [0.717, 1.165) is 0 Å². The zero-order valence-electron chi connectivity index (χ0n) is 15.6. The number of nitrogens with two attached hydrogens (primary N) is 1. The van der Waals surface area contributed by atoms with Crippen molar-refractivity contribution in [1.82, 2.24) is 5.32 Å².